The minimum absolute atomic E-state index is 0.0220. The van der Waals surface area contributed by atoms with Crippen molar-refractivity contribution in [2.24, 2.45) is 0 Å². The first-order valence-electron chi connectivity index (χ1n) is 8.55. The Kier molecular flexibility index (Phi) is 7.17. The highest BCUT2D eigenvalue weighted by Gasteiger charge is 2.25. The maximum Gasteiger partial charge on any atom is 0.387 e. The fraction of sp³-hybridized carbons (Fsp3) is 0.556. The Morgan fingerprint density at radius 1 is 1.08 bits per heavy atom. The molecule has 0 radical (unpaired) electrons. The number of carbonyl (C=O) groups excluding carboxylic acids is 2. The molecule has 0 N–H and O–H groups in total. The molecule has 0 saturated carbocycles. The largest absolute Gasteiger partial charge is 0.493 e. The minimum Gasteiger partial charge on any atom is -0.493 e. The maximum atomic E-state index is 12.4. The van der Waals surface area contributed by atoms with Crippen LogP contribution in [0.1, 0.15) is 43.0 Å². The fourth-order valence-electron chi connectivity index (χ4n) is 2.82. The summed E-state index contributed by atoms with van der Waals surface area (Å²) in [6.07, 6.45) is 3.13. The van der Waals surface area contributed by atoms with Crippen LogP contribution in [-0.4, -0.2) is 49.7 Å². The van der Waals surface area contributed by atoms with Crippen molar-refractivity contribution >= 4 is 11.9 Å². The van der Waals surface area contributed by atoms with Crippen LogP contribution in [-0.2, 0) is 9.53 Å². The van der Waals surface area contributed by atoms with Gasteiger partial charge < -0.3 is 19.1 Å². The molecule has 1 atom stereocenters. The zero-order chi connectivity index (χ0) is 19.1. The Bertz CT molecular complexity index is 630. The molecule has 1 unspecified atom stereocenters. The number of nitrogens with zero attached hydrogens (tertiary/aromatic N) is 1. The number of carbonyl (C=O) groups is 2. The molecule has 144 valence electrons. The summed E-state index contributed by atoms with van der Waals surface area (Å²) in [5, 5.41) is 0. The predicted molar refractivity (Wildman–Crippen MR) is 89.6 cm³/mol. The van der Waals surface area contributed by atoms with Crippen LogP contribution in [0.5, 0.6) is 11.5 Å². The SMILES string of the molecule is COc1cc(C(=O)OC(C)C(=O)N2CCCCCC2)ccc1OC(F)F. The van der Waals surface area contributed by atoms with E-state index in [9.17, 15) is 18.4 Å². The van der Waals surface area contributed by atoms with Crippen molar-refractivity contribution in [2.45, 2.75) is 45.3 Å². The van der Waals surface area contributed by atoms with Gasteiger partial charge in [-0.25, -0.2) is 4.79 Å². The van der Waals surface area contributed by atoms with Crippen LogP contribution in [0.15, 0.2) is 18.2 Å². The minimum atomic E-state index is -3.01. The summed E-state index contributed by atoms with van der Waals surface area (Å²) in [7, 11) is 1.27. The lowest BCUT2D eigenvalue weighted by molar-refractivity contribution is -0.139. The van der Waals surface area contributed by atoms with E-state index in [1.54, 1.807) is 4.90 Å². The van der Waals surface area contributed by atoms with Crippen molar-refractivity contribution in [3.8, 4) is 11.5 Å². The molecule has 1 aromatic carbocycles. The monoisotopic (exact) mass is 371 g/mol. The third-order valence-electron chi connectivity index (χ3n) is 4.16. The molecular formula is C18H23F2NO5. The molecule has 1 heterocycles. The normalized spacial score (nSPS) is 16.0. The Morgan fingerprint density at radius 2 is 1.73 bits per heavy atom. The van der Waals surface area contributed by atoms with Crippen molar-refractivity contribution in [1.82, 2.24) is 4.90 Å². The van der Waals surface area contributed by atoms with Crippen molar-refractivity contribution in [1.29, 1.82) is 0 Å². The van der Waals surface area contributed by atoms with Crippen LogP contribution in [0.4, 0.5) is 8.78 Å². The summed E-state index contributed by atoms with van der Waals surface area (Å²) >= 11 is 0. The highest BCUT2D eigenvalue weighted by atomic mass is 19.3. The molecule has 0 aromatic heterocycles. The summed E-state index contributed by atoms with van der Waals surface area (Å²) in [4.78, 5) is 26.4. The van der Waals surface area contributed by atoms with Gasteiger partial charge in [0.25, 0.3) is 5.91 Å². The second-order valence-electron chi connectivity index (χ2n) is 6.03. The Balaban J connectivity index is 2.02. The van der Waals surface area contributed by atoms with Crippen LogP contribution < -0.4 is 9.47 Å². The summed E-state index contributed by atoms with van der Waals surface area (Å²) in [6, 6.07) is 3.72. The Labute approximate surface area is 151 Å². The van der Waals surface area contributed by atoms with Gasteiger partial charge in [-0.3, -0.25) is 4.79 Å². The number of alkyl halides is 2. The van der Waals surface area contributed by atoms with Gasteiger partial charge in [-0.2, -0.15) is 8.78 Å². The Morgan fingerprint density at radius 3 is 2.31 bits per heavy atom. The number of methoxy groups -OCH3 is 1. The first-order chi connectivity index (χ1) is 12.4. The third-order valence-corrected chi connectivity index (χ3v) is 4.16. The highest BCUT2D eigenvalue weighted by molar-refractivity contribution is 5.92. The van der Waals surface area contributed by atoms with E-state index in [0.29, 0.717) is 13.1 Å². The van der Waals surface area contributed by atoms with Gasteiger partial charge in [0.1, 0.15) is 0 Å². The van der Waals surface area contributed by atoms with Gasteiger partial charge >= 0.3 is 12.6 Å². The molecule has 0 bridgehead atoms. The number of benzene rings is 1. The number of hydrogen-bond acceptors (Lipinski definition) is 5. The van der Waals surface area contributed by atoms with E-state index < -0.39 is 18.7 Å². The number of likely N-dealkylation sites (tertiary alicyclic amines) is 1. The van der Waals surface area contributed by atoms with Gasteiger partial charge in [0, 0.05) is 13.1 Å². The van der Waals surface area contributed by atoms with Crippen molar-refractivity contribution in [2.75, 3.05) is 20.2 Å². The lowest BCUT2D eigenvalue weighted by Crippen LogP contribution is -2.40. The average molecular weight is 371 g/mol. The van der Waals surface area contributed by atoms with Gasteiger partial charge in [0.05, 0.1) is 12.7 Å². The molecule has 1 aliphatic rings. The first-order valence-corrected chi connectivity index (χ1v) is 8.55. The smallest absolute Gasteiger partial charge is 0.387 e. The van der Waals surface area contributed by atoms with Crippen molar-refractivity contribution in [3.05, 3.63) is 23.8 Å². The summed E-state index contributed by atoms with van der Waals surface area (Å²) in [6.45, 7) is -0.160. The van der Waals surface area contributed by atoms with Gasteiger partial charge in [-0.05, 0) is 38.0 Å². The molecule has 1 aromatic rings. The van der Waals surface area contributed by atoms with Crippen molar-refractivity contribution in [3.63, 3.8) is 0 Å². The molecule has 1 saturated heterocycles. The molecule has 6 nitrogen and oxygen atoms in total. The van der Waals surface area contributed by atoms with Gasteiger partial charge in [-0.1, -0.05) is 12.8 Å². The lowest BCUT2D eigenvalue weighted by atomic mass is 10.2. The molecule has 1 aliphatic heterocycles. The highest BCUT2D eigenvalue weighted by Crippen LogP contribution is 2.29. The number of rotatable bonds is 6. The number of amides is 1. The van der Waals surface area contributed by atoms with Crippen LogP contribution >= 0.6 is 0 Å². The number of esters is 1. The van der Waals surface area contributed by atoms with E-state index >= 15 is 0 Å². The van der Waals surface area contributed by atoms with E-state index in [1.807, 2.05) is 0 Å². The fourth-order valence-corrected chi connectivity index (χ4v) is 2.82. The van der Waals surface area contributed by atoms with E-state index in [-0.39, 0.29) is 23.0 Å². The molecule has 0 spiro atoms. The van der Waals surface area contributed by atoms with E-state index in [0.717, 1.165) is 25.7 Å². The van der Waals surface area contributed by atoms with Crippen LogP contribution in [0.25, 0.3) is 0 Å². The number of halogens is 2. The molecular weight excluding hydrogens is 348 g/mol. The molecule has 2 rings (SSSR count). The zero-order valence-electron chi connectivity index (χ0n) is 14.9. The quantitative estimate of drug-likeness (QED) is 0.719. The molecule has 0 aliphatic carbocycles. The van der Waals surface area contributed by atoms with Gasteiger partial charge in [-0.15, -0.1) is 0 Å². The van der Waals surface area contributed by atoms with Crippen molar-refractivity contribution < 1.29 is 32.6 Å². The number of hydrogen-bond donors (Lipinski definition) is 0. The molecule has 1 amide bonds. The molecule has 1 fully saturated rings. The maximum absolute atomic E-state index is 12.4. The average Bonchev–Trinajstić information content (AvgIpc) is 2.90. The number of ether oxygens (including phenoxy) is 3. The van der Waals surface area contributed by atoms with E-state index in [4.69, 9.17) is 9.47 Å². The van der Waals surface area contributed by atoms with E-state index in [2.05, 4.69) is 4.74 Å². The third kappa shape index (κ3) is 5.31. The van der Waals surface area contributed by atoms with Gasteiger partial charge in [0.15, 0.2) is 17.6 Å². The van der Waals surface area contributed by atoms with Gasteiger partial charge in [0.2, 0.25) is 0 Å². The zero-order valence-corrected chi connectivity index (χ0v) is 14.9. The Hall–Kier alpha value is -2.38. The standard InChI is InChI=1S/C18H23F2NO5/c1-12(16(22)21-9-5-3-4-6-10-21)25-17(23)13-7-8-14(26-18(19)20)15(11-13)24-2/h7-8,11-12,18H,3-6,9-10H2,1-2H3. The van der Waals surface area contributed by atoms with E-state index in [1.165, 1.54) is 32.2 Å². The lowest BCUT2D eigenvalue weighted by Gasteiger charge is -2.24. The topological polar surface area (TPSA) is 65.1 Å². The summed E-state index contributed by atoms with van der Waals surface area (Å²) < 4.78 is 39.2. The second-order valence-corrected chi connectivity index (χ2v) is 6.03. The van der Waals surface area contributed by atoms with Crippen LogP contribution in [0.2, 0.25) is 0 Å². The first kappa shape index (κ1) is 19.9. The van der Waals surface area contributed by atoms with Crippen LogP contribution in [0, 0.1) is 0 Å². The predicted octanol–water partition coefficient (Wildman–Crippen LogP) is 3.24. The van der Waals surface area contributed by atoms with Crippen LogP contribution in [0.3, 0.4) is 0 Å². The summed E-state index contributed by atoms with van der Waals surface area (Å²) in [5.74, 6) is -1.17. The summed E-state index contributed by atoms with van der Waals surface area (Å²) in [5.41, 5.74) is 0.0824. The second kappa shape index (κ2) is 9.35. The molecule has 26 heavy (non-hydrogen) atoms. The molecule has 8 heteroatoms.